The van der Waals surface area contributed by atoms with Gasteiger partial charge in [-0.05, 0) is 31.2 Å². The lowest BCUT2D eigenvalue weighted by molar-refractivity contribution is -0.134. The molecule has 0 fully saturated rings. The third kappa shape index (κ3) is 4.46. The first-order valence-corrected chi connectivity index (χ1v) is 4.81. The van der Waals surface area contributed by atoms with Crippen molar-refractivity contribution in [1.82, 2.24) is 0 Å². The molecule has 5 heteroatoms. The molecule has 0 saturated carbocycles. The summed E-state index contributed by atoms with van der Waals surface area (Å²) in [5.41, 5.74) is 3.42. The number of esters is 1. The topological polar surface area (TPSA) is 50.7 Å². The van der Waals surface area contributed by atoms with Gasteiger partial charge in [-0.1, -0.05) is 11.6 Å². The van der Waals surface area contributed by atoms with Crippen LogP contribution < -0.4 is 5.43 Å². The number of hydrogen-bond acceptors (Lipinski definition) is 4. The van der Waals surface area contributed by atoms with Crippen molar-refractivity contribution in [2.24, 2.45) is 5.10 Å². The number of hydrazone groups is 1. The van der Waals surface area contributed by atoms with Crippen LogP contribution in [-0.2, 0) is 9.53 Å². The van der Waals surface area contributed by atoms with Crippen LogP contribution in [0.25, 0.3) is 0 Å². The van der Waals surface area contributed by atoms with Crippen molar-refractivity contribution in [1.29, 1.82) is 0 Å². The third-order valence-corrected chi connectivity index (χ3v) is 1.75. The van der Waals surface area contributed by atoms with Gasteiger partial charge in [-0.25, -0.2) is 4.79 Å². The van der Waals surface area contributed by atoms with E-state index in [9.17, 15) is 4.79 Å². The Labute approximate surface area is 92.9 Å². The lowest BCUT2D eigenvalue weighted by Gasteiger charge is -1.99. The average Bonchev–Trinajstić information content (AvgIpc) is 2.21. The average molecular weight is 227 g/mol. The molecule has 0 unspecified atom stereocenters. The summed E-state index contributed by atoms with van der Waals surface area (Å²) in [5.74, 6) is -0.473. The molecule has 0 amide bonds. The Balaban J connectivity index is 2.43. The summed E-state index contributed by atoms with van der Waals surface area (Å²) in [5, 5.41) is 4.35. The van der Waals surface area contributed by atoms with Crippen LogP contribution in [0.15, 0.2) is 29.4 Å². The second-order valence-electron chi connectivity index (χ2n) is 2.63. The number of carbonyl (C=O) groups is 1. The van der Waals surface area contributed by atoms with Gasteiger partial charge in [0.1, 0.15) is 6.21 Å². The van der Waals surface area contributed by atoms with E-state index in [0.29, 0.717) is 11.6 Å². The van der Waals surface area contributed by atoms with E-state index in [1.807, 2.05) is 0 Å². The van der Waals surface area contributed by atoms with Crippen molar-refractivity contribution < 1.29 is 9.53 Å². The van der Waals surface area contributed by atoms with Gasteiger partial charge >= 0.3 is 5.97 Å². The number of rotatable bonds is 4. The first-order chi connectivity index (χ1) is 7.22. The van der Waals surface area contributed by atoms with E-state index in [2.05, 4.69) is 15.3 Å². The fourth-order valence-electron chi connectivity index (χ4n) is 0.863. The Morgan fingerprint density at radius 1 is 1.53 bits per heavy atom. The van der Waals surface area contributed by atoms with Crippen LogP contribution >= 0.6 is 11.6 Å². The van der Waals surface area contributed by atoms with Crippen LogP contribution in [-0.4, -0.2) is 18.8 Å². The molecule has 0 aliphatic heterocycles. The summed E-state index contributed by atoms with van der Waals surface area (Å²) < 4.78 is 4.65. The Morgan fingerprint density at radius 3 is 2.80 bits per heavy atom. The summed E-state index contributed by atoms with van der Waals surface area (Å²) in [6.45, 7) is 2.07. The number of nitrogens with one attached hydrogen (secondary N) is 1. The Bertz CT molecular complexity index is 349. The molecule has 1 rings (SSSR count). The number of anilines is 1. The number of benzene rings is 1. The maximum atomic E-state index is 10.9. The zero-order valence-corrected chi connectivity index (χ0v) is 8.99. The standard InChI is InChI=1S/C10H11ClN2O2/c1-2-15-10(14)7-12-13-9-5-3-8(11)4-6-9/h3-7,13H,2H2,1H3/b12-7+. The summed E-state index contributed by atoms with van der Waals surface area (Å²) in [7, 11) is 0. The van der Waals surface area contributed by atoms with E-state index in [0.717, 1.165) is 11.9 Å². The number of nitrogens with zero attached hydrogens (tertiary/aromatic N) is 1. The molecule has 1 aromatic carbocycles. The fraction of sp³-hybridized carbons (Fsp3) is 0.200. The van der Waals surface area contributed by atoms with E-state index >= 15 is 0 Å². The molecular weight excluding hydrogens is 216 g/mol. The summed E-state index contributed by atoms with van der Waals surface area (Å²) in [4.78, 5) is 10.9. The summed E-state index contributed by atoms with van der Waals surface area (Å²) in [6, 6.07) is 6.96. The van der Waals surface area contributed by atoms with Crippen molar-refractivity contribution in [3.05, 3.63) is 29.3 Å². The van der Waals surface area contributed by atoms with Crippen LogP contribution in [0.3, 0.4) is 0 Å². The van der Waals surface area contributed by atoms with Gasteiger partial charge in [0.25, 0.3) is 0 Å². The second-order valence-corrected chi connectivity index (χ2v) is 3.07. The molecule has 80 valence electrons. The van der Waals surface area contributed by atoms with Crippen molar-refractivity contribution in [3.8, 4) is 0 Å². The monoisotopic (exact) mass is 226 g/mol. The van der Waals surface area contributed by atoms with Crippen LogP contribution in [0.4, 0.5) is 5.69 Å². The number of ether oxygens (including phenoxy) is 1. The molecule has 0 radical (unpaired) electrons. The quantitative estimate of drug-likeness (QED) is 0.487. The predicted octanol–water partition coefficient (Wildman–Crippen LogP) is 2.30. The highest BCUT2D eigenvalue weighted by atomic mass is 35.5. The maximum Gasteiger partial charge on any atom is 0.351 e. The molecule has 0 heterocycles. The molecule has 1 aromatic rings. The summed E-state index contributed by atoms with van der Waals surface area (Å²) in [6.07, 6.45) is 1.08. The van der Waals surface area contributed by atoms with E-state index in [-0.39, 0.29) is 0 Å². The highest BCUT2D eigenvalue weighted by Gasteiger charge is 1.94. The molecule has 0 atom stereocenters. The Hall–Kier alpha value is -1.55. The van der Waals surface area contributed by atoms with Gasteiger partial charge in [-0.2, -0.15) is 5.10 Å². The Morgan fingerprint density at radius 2 is 2.20 bits per heavy atom. The van der Waals surface area contributed by atoms with Gasteiger partial charge in [0.05, 0.1) is 12.3 Å². The van der Waals surface area contributed by atoms with E-state index < -0.39 is 5.97 Å². The van der Waals surface area contributed by atoms with Crippen LogP contribution in [0, 0.1) is 0 Å². The molecule has 0 bridgehead atoms. The van der Waals surface area contributed by atoms with Crippen LogP contribution in [0.2, 0.25) is 5.02 Å². The molecule has 0 aliphatic carbocycles. The minimum Gasteiger partial charge on any atom is -0.462 e. The minimum absolute atomic E-state index is 0.339. The van der Waals surface area contributed by atoms with Crippen molar-refractivity contribution in [3.63, 3.8) is 0 Å². The highest BCUT2D eigenvalue weighted by molar-refractivity contribution is 6.30. The van der Waals surface area contributed by atoms with E-state index in [4.69, 9.17) is 11.6 Å². The first-order valence-electron chi connectivity index (χ1n) is 4.43. The van der Waals surface area contributed by atoms with Crippen molar-refractivity contribution >= 4 is 29.5 Å². The second kappa shape index (κ2) is 6.03. The Kier molecular flexibility index (Phi) is 4.63. The van der Waals surface area contributed by atoms with Gasteiger partial charge in [-0.3, -0.25) is 5.43 Å². The summed E-state index contributed by atoms with van der Waals surface area (Å²) >= 11 is 5.70. The van der Waals surface area contributed by atoms with Gasteiger partial charge in [0.15, 0.2) is 0 Å². The SMILES string of the molecule is CCOC(=O)/C=N/Nc1ccc(Cl)cc1. The lowest BCUT2D eigenvalue weighted by Crippen LogP contribution is -2.06. The van der Waals surface area contributed by atoms with E-state index in [1.54, 1.807) is 31.2 Å². The fourth-order valence-corrected chi connectivity index (χ4v) is 0.989. The van der Waals surface area contributed by atoms with Gasteiger partial charge in [-0.15, -0.1) is 0 Å². The molecule has 0 aliphatic rings. The molecule has 0 spiro atoms. The maximum absolute atomic E-state index is 10.9. The minimum atomic E-state index is -0.473. The predicted molar refractivity (Wildman–Crippen MR) is 60.2 cm³/mol. The van der Waals surface area contributed by atoms with E-state index in [1.165, 1.54) is 0 Å². The number of hydrogen-bond donors (Lipinski definition) is 1. The zero-order valence-electron chi connectivity index (χ0n) is 8.24. The largest absolute Gasteiger partial charge is 0.462 e. The van der Waals surface area contributed by atoms with Gasteiger partial charge in [0, 0.05) is 5.02 Å². The lowest BCUT2D eigenvalue weighted by atomic mass is 10.3. The highest BCUT2D eigenvalue weighted by Crippen LogP contribution is 2.12. The molecule has 4 nitrogen and oxygen atoms in total. The van der Waals surface area contributed by atoms with Crippen LogP contribution in [0.5, 0.6) is 0 Å². The van der Waals surface area contributed by atoms with Crippen molar-refractivity contribution in [2.45, 2.75) is 6.92 Å². The molecule has 1 N–H and O–H groups in total. The van der Waals surface area contributed by atoms with Gasteiger partial charge in [0.2, 0.25) is 0 Å². The number of carbonyl (C=O) groups excluding carboxylic acids is 1. The van der Waals surface area contributed by atoms with Crippen molar-refractivity contribution in [2.75, 3.05) is 12.0 Å². The third-order valence-electron chi connectivity index (χ3n) is 1.49. The molecule has 0 aromatic heterocycles. The first kappa shape index (κ1) is 11.5. The number of halogens is 1. The smallest absolute Gasteiger partial charge is 0.351 e. The van der Waals surface area contributed by atoms with Crippen LogP contribution in [0.1, 0.15) is 6.92 Å². The molecule has 0 saturated heterocycles. The zero-order chi connectivity index (χ0) is 11.1. The van der Waals surface area contributed by atoms with Gasteiger partial charge < -0.3 is 4.74 Å². The molecular formula is C10H11ClN2O2. The normalized spacial score (nSPS) is 10.3. The molecule has 15 heavy (non-hydrogen) atoms.